The van der Waals surface area contributed by atoms with Gasteiger partial charge in [0.1, 0.15) is 12.1 Å². The molecule has 0 unspecified atom stereocenters. The number of hydrogen-bond donors (Lipinski definition) is 0. The zero-order valence-electron chi connectivity index (χ0n) is 12.4. The van der Waals surface area contributed by atoms with E-state index in [1.165, 1.54) is 0 Å². The van der Waals surface area contributed by atoms with Crippen molar-refractivity contribution in [1.82, 2.24) is 19.6 Å². The Balaban J connectivity index is 2.03. The van der Waals surface area contributed by atoms with Gasteiger partial charge in [-0.25, -0.2) is 4.85 Å². The van der Waals surface area contributed by atoms with E-state index in [1.54, 1.807) is 16.8 Å². The third-order valence-corrected chi connectivity index (χ3v) is 3.81. The predicted octanol–water partition coefficient (Wildman–Crippen LogP) is 3.60. The Morgan fingerprint density at radius 1 is 1.13 bits per heavy atom. The first-order valence-corrected chi connectivity index (χ1v) is 7.07. The van der Waals surface area contributed by atoms with E-state index in [0.29, 0.717) is 11.5 Å². The second-order valence-corrected chi connectivity index (χ2v) is 5.14. The molecule has 0 radical (unpaired) electrons. The van der Waals surface area contributed by atoms with Gasteiger partial charge in [0, 0.05) is 18.1 Å². The highest BCUT2D eigenvalue weighted by molar-refractivity contribution is 5.95. The zero-order chi connectivity index (χ0) is 15.8. The average molecular weight is 300 g/mol. The van der Waals surface area contributed by atoms with Crippen molar-refractivity contribution in [3.05, 3.63) is 66.3 Å². The summed E-state index contributed by atoms with van der Waals surface area (Å²) < 4.78 is 1.80. The van der Waals surface area contributed by atoms with Crippen LogP contribution in [-0.2, 0) is 0 Å². The molecular weight excluding hydrogens is 288 g/mol. The molecular formula is C17H12N6. The first kappa shape index (κ1) is 13.2. The summed E-state index contributed by atoms with van der Waals surface area (Å²) in [5.74, 6) is 1.29. The summed E-state index contributed by atoms with van der Waals surface area (Å²) >= 11 is 0. The van der Waals surface area contributed by atoms with Gasteiger partial charge >= 0.3 is 0 Å². The topological polar surface area (TPSA) is 50.7 Å². The Bertz CT molecular complexity index is 1050. The van der Waals surface area contributed by atoms with Crippen LogP contribution >= 0.6 is 0 Å². The predicted molar refractivity (Wildman–Crippen MR) is 89.1 cm³/mol. The highest BCUT2D eigenvalue weighted by Gasteiger charge is 2.14. The van der Waals surface area contributed by atoms with Gasteiger partial charge in [-0.1, -0.05) is 30.3 Å². The van der Waals surface area contributed by atoms with Gasteiger partial charge in [0.05, 0.1) is 12.1 Å². The van der Waals surface area contributed by atoms with Crippen LogP contribution in [0.2, 0.25) is 0 Å². The fourth-order valence-electron chi connectivity index (χ4n) is 2.64. The monoisotopic (exact) mass is 300 g/mol. The SMILES string of the molecule is [C-]#[N+]c1ccc2c(N(C)c3ccccc3)nc3nncn3c2c1. The van der Waals surface area contributed by atoms with Crippen LogP contribution in [0.15, 0.2) is 54.9 Å². The summed E-state index contributed by atoms with van der Waals surface area (Å²) in [6.45, 7) is 7.22. The Labute approximate surface area is 132 Å². The molecule has 0 aliphatic rings. The van der Waals surface area contributed by atoms with Gasteiger partial charge < -0.3 is 4.90 Å². The fourth-order valence-corrected chi connectivity index (χ4v) is 2.64. The maximum Gasteiger partial charge on any atom is 0.257 e. The number of rotatable bonds is 2. The summed E-state index contributed by atoms with van der Waals surface area (Å²) in [6, 6.07) is 15.6. The van der Waals surface area contributed by atoms with E-state index in [-0.39, 0.29) is 0 Å². The minimum absolute atomic E-state index is 0.511. The molecule has 2 aromatic heterocycles. The average Bonchev–Trinajstić information content (AvgIpc) is 3.09. The molecule has 110 valence electrons. The maximum atomic E-state index is 7.22. The van der Waals surface area contributed by atoms with Gasteiger partial charge in [0.25, 0.3) is 5.78 Å². The first-order chi connectivity index (χ1) is 11.3. The van der Waals surface area contributed by atoms with Crippen LogP contribution in [-0.4, -0.2) is 26.6 Å². The molecule has 0 saturated carbocycles. The van der Waals surface area contributed by atoms with E-state index >= 15 is 0 Å². The normalized spacial score (nSPS) is 10.8. The highest BCUT2D eigenvalue weighted by atomic mass is 15.3. The summed E-state index contributed by atoms with van der Waals surface area (Å²) in [4.78, 5) is 10.1. The molecule has 0 bridgehead atoms. The van der Waals surface area contributed by atoms with E-state index in [0.717, 1.165) is 22.4 Å². The molecule has 6 nitrogen and oxygen atoms in total. The van der Waals surface area contributed by atoms with Gasteiger partial charge in [-0.15, -0.1) is 10.2 Å². The molecule has 2 aromatic carbocycles. The van der Waals surface area contributed by atoms with Crippen LogP contribution < -0.4 is 4.90 Å². The van der Waals surface area contributed by atoms with Crippen LogP contribution in [0.25, 0.3) is 21.5 Å². The largest absolute Gasteiger partial charge is 0.329 e. The lowest BCUT2D eigenvalue weighted by Gasteiger charge is -2.20. The Morgan fingerprint density at radius 3 is 2.74 bits per heavy atom. The maximum absolute atomic E-state index is 7.22. The van der Waals surface area contributed by atoms with Gasteiger partial charge in [0.15, 0.2) is 5.69 Å². The smallest absolute Gasteiger partial charge is 0.257 e. The van der Waals surface area contributed by atoms with E-state index in [2.05, 4.69) is 20.0 Å². The second kappa shape index (κ2) is 5.07. The third kappa shape index (κ3) is 2.07. The number of aromatic nitrogens is 4. The van der Waals surface area contributed by atoms with Crippen LogP contribution in [0.5, 0.6) is 0 Å². The van der Waals surface area contributed by atoms with Crippen molar-refractivity contribution < 1.29 is 0 Å². The van der Waals surface area contributed by atoms with Crippen molar-refractivity contribution in [2.45, 2.75) is 0 Å². The van der Waals surface area contributed by atoms with E-state index in [4.69, 9.17) is 6.57 Å². The molecule has 23 heavy (non-hydrogen) atoms. The van der Waals surface area contributed by atoms with Gasteiger partial charge in [-0.3, -0.25) is 4.40 Å². The number of nitrogens with zero attached hydrogens (tertiary/aromatic N) is 6. The molecule has 0 fully saturated rings. The highest BCUT2D eigenvalue weighted by Crippen LogP contribution is 2.31. The number of anilines is 2. The molecule has 0 N–H and O–H groups in total. The number of benzene rings is 2. The van der Waals surface area contributed by atoms with Crippen molar-refractivity contribution >= 4 is 33.9 Å². The van der Waals surface area contributed by atoms with E-state index in [9.17, 15) is 0 Å². The van der Waals surface area contributed by atoms with E-state index < -0.39 is 0 Å². The van der Waals surface area contributed by atoms with Gasteiger partial charge in [-0.2, -0.15) is 4.98 Å². The molecule has 0 aliphatic carbocycles. The van der Waals surface area contributed by atoms with Crippen molar-refractivity contribution in [2.75, 3.05) is 11.9 Å². The Morgan fingerprint density at radius 2 is 1.96 bits per heavy atom. The Hall–Kier alpha value is -3.46. The van der Waals surface area contributed by atoms with Gasteiger partial charge in [0.2, 0.25) is 0 Å². The molecule has 0 spiro atoms. The zero-order valence-corrected chi connectivity index (χ0v) is 12.4. The third-order valence-electron chi connectivity index (χ3n) is 3.81. The summed E-state index contributed by atoms with van der Waals surface area (Å²) in [5.41, 5.74) is 2.47. The summed E-state index contributed by atoms with van der Waals surface area (Å²) in [7, 11) is 1.97. The lowest BCUT2D eigenvalue weighted by atomic mass is 10.2. The van der Waals surface area contributed by atoms with Gasteiger partial charge in [-0.05, 0) is 18.2 Å². The quantitative estimate of drug-likeness (QED) is 0.531. The van der Waals surface area contributed by atoms with Crippen LogP contribution in [0.4, 0.5) is 17.2 Å². The minimum atomic E-state index is 0.511. The fraction of sp³-hybridized carbons (Fsp3) is 0.0588. The first-order valence-electron chi connectivity index (χ1n) is 7.07. The van der Waals surface area contributed by atoms with Crippen LogP contribution in [0.1, 0.15) is 0 Å². The van der Waals surface area contributed by atoms with Crippen LogP contribution in [0, 0.1) is 6.57 Å². The van der Waals surface area contributed by atoms with Crippen LogP contribution in [0.3, 0.4) is 0 Å². The summed E-state index contributed by atoms with van der Waals surface area (Å²) in [6.07, 6.45) is 1.62. The molecule has 4 rings (SSSR count). The molecule has 0 amide bonds. The standard InChI is InChI=1S/C17H12N6/c1-18-12-8-9-14-15(10-12)23-11-19-21-17(23)20-16(14)22(2)13-6-4-3-5-7-13/h3-11H,2H3. The lowest BCUT2D eigenvalue weighted by Crippen LogP contribution is -2.12. The van der Waals surface area contributed by atoms with Crippen molar-refractivity contribution in [1.29, 1.82) is 0 Å². The number of para-hydroxylation sites is 1. The number of fused-ring (bicyclic) bond motifs is 3. The molecule has 0 atom stereocenters. The molecule has 6 heteroatoms. The molecule has 2 heterocycles. The van der Waals surface area contributed by atoms with Crippen molar-refractivity contribution in [3.63, 3.8) is 0 Å². The molecule has 4 aromatic rings. The van der Waals surface area contributed by atoms with Crippen molar-refractivity contribution in [3.8, 4) is 0 Å². The minimum Gasteiger partial charge on any atom is -0.329 e. The van der Waals surface area contributed by atoms with Crippen molar-refractivity contribution in [2.24, 2.45) is 0 Å². The second-order valence-electron chi connectivity index (χ2n) is 5.14. The summed E-state index contributed by atoms with van der Waals surface area (Å²) in [5, 5.41) is 8.93. The molecule has 0 saturated heterocycles. The number of hydrogen-bond acceptors (Lipinski definition) is 4. The molecule has 0 aliphatic heterocycles. The Kier molecular flexibility index (Phi) is 2.91. The van der Waals surface area contributed by atoms with E-state index in [1.807, 2.05) is 54.4 Å². The lowest BCUT2D eigenvalue weighted by molar-refractivity contribution is 1.08.